The third kappa shape index (κ3) is 4.16. The molecule has 0 saturated carbocycles. The molecule has 154 valence electrons. The summed E-state index contributed by atoms with van der Waals surface area (Å²) in [6.07, 6.45) is 2.53. The van der Waals surface area contributed by atoms with Crippen molar-refractivity contribution in [3.05, 3.63) is 45.8 Å². The molecule has 0 spiro atoms. The first-order valence-electron chi connectivity index (χ1n) is 9.96. The molecule has 1 aliphatic carbocycles. The van der Waals surface area contributed by atoms with E-state index in [9.17, 15) is 14.7 Å². The Morgan fingerprint density at radius 2 is 2.00 bits per heavy atom. The Morgan fingerprint density at radius 1 is 1.24 bits per heavy atom. The summed E-state index contributed by atoms with van der Waals surface area (Å²) in [6.45, 7) is 7.34. The molecule has 0 atom stereocenters. The minimum atomic E-state index is -0.973. The van der Waals surface area contributed by atoms with Gasteiger partial charge >= 0.3 is 5.97 Å². The van der Waals surface area contributed by atoms with E-state index in [-0.39, 0.29) is 16.9 Å². The number of hydrogen-bond donors (Lipinski definition) is 2. The number of ether oxygens (including phenoxy) is 1. The van der Waals surface area contributed by atoms with E-state index in [1.54, 1.807) is 6.07 Å². The second-order valence-electron chi connectivity index (χ2n) is 8.46. The summed E-state index contributed by atoms with van der Waals surface area (Å²) in [6, 6.07) is 7.46. The van der Waals surface area contributed by atoms with Gasteiger partial charge in [-0.15, -0.1) is 11.3 Å². The van der Waals surface area contributed by atoms with Crippen LogP contribution in [0.5, 0.6) is 0 Å². The van der Waals surface area contributed by atoms with Crippen LogP contribution >= 0.6 is 11.3 Å². The largest absolute Gasteiger partial charge is 0.478 e. The molecule has 1 fully saturated rings. The van der Waals surface area contributed by atoms with Crippen LogP contribution in [-0.2, 0) is 17.6 Å². The van der Waals surface area contributed by atoms with Gasteiger partial charge in [0, 0.05) is 29.2 Å². The van der Waals surface area contributed by atoms with E-state index in [2.05, 4.69) is 24.1 Å². The summed E-state index contributed by atoms with van der Waals surface area (Å²) in [7, 11) is 0. The number of hydrogen-bond acceptors (Lipinski definition) is 5. The molecule has 29 heavy (non-hydrogen) atoms. The van der Waals surface area contributed by atoms with Crippen LogP contribution < -0.4 is 10.2 Å². The number of carbonyl (C=O) groups excluding carboxylic acids is 1. The summed E-state index contributed by atoms with van der Waals surface area (Å²) < 4.78 is 5.39. The molecule has 0 bridgehead atoms. The molecule has 2 N–H and O–H groups in total. The Balaban J connectivity index is 1.59. The lowest BCUT2D eigenvalue weighted by Gasteiger charge is -2.29. The van der Waals surface area contributed by atoms with Crippen LogP contribution in [0.3, 0.4) is 0 Å². The highest BCUT2D eigenvalue weighted by atomic mass is 32.1. The Hall–Kier alpha value is -2.38. The van der Waals surface area contributed by atoms with E-state index in [0.29, 0.717) is 23.8 Å². The fourth-order valence-electron chi connectivity index (χ4n) is 4.06. The highest BCUT2D eigenvalue weighted by molar-refractivity contribution is 7.17. The van der Waals surface area contributed by atoms with Gasteiger partial charge < -0.3 is 20.1 Å². The maximum absolute atomic E-state index is 12.9. The van der Waals surface area contributed by atoms with Crippen molar-refractivity contribution >= 4 is 33.9 Å². The number of aromatic carboxylic acids is 1. The fraction of sp³-hybridized carbons (Fsp3) is 0.455. The molecule has 2 aliphatic rings. The SMILES string of the molecule is CC1(C)CCc2c(sc(NC(=O)c3cccc(N4CCOCC4)c3)c2C(=O)O)C1. The topological polar surface area (TPSA) is 78.9 Å². The second kappa shape index (κ2) is 7.80. The summed E-state index contributed by atoms with van der Waals surface area (Å²) >= 11 is 1.41. The van der Waals surface area contributed by atoms with E-state index in [0.717, 1.165) is 48.5 Å². The first kappa shape index (κ1) is 19.9. The standard InChI is InChI=1S/C22H26N2O4S/c1-22(2)7-6-16-17(13-22)29-20(18(16)21(26)27)23-19(25)14-4-3-5-15(12-14)24-8-10-28-11-9-24/h3-5,12H,6-11,13H2,1-2H3,(H,23,25)(H,26,27). The molecule has 1 saturated heterocycles. The molecule has 1 aromatic carbocycles. The molecule has 1 aromatic heterocycles. The number of nitrogens with one attached hydrogen (secondary N) is 1. The summed E-state index contributed by atoms with van der Waals surface area (Å²) in [5.74, 6) is -1.25. The van der Waals surface area contributed by atoms with Crippen LogP contribution in [0, 0.1) is 5.41 Å². The molecule has 0 radical (unpaired) electrons. The smallest absolute Gasteiger partial charge is 0.339 e. The minimum absolute atomic E-state index is 0.154. The third-order valence-electron chi connectivity index (χ3n) is 5.71. The van der Waals surface area contributed by atoms with Crippen molar-refractivity contribution in [3.63, 3.8) is 0 Å². The molecule has 0 unspecified atom stereocenters. The molecule has 1 amide bonds. The number of anilines is 2. The zero-order chi connectivity index (χ0) is 20.6. The van der Waals surface area contributed by atoms with Crippen molar-refractivity contribution in [2.45, 2.75) is 33.1 Å². The lowest BCUT2D eigenvalue weighted by Crippen LogP contribution is -2.36. The fourth-order valence-corrected chi connectivity index (χ4v) is 5.55. The van der Waals surface area contributed by atoms with Gasteiger partial charge in [-0.25, -0.2) is 4.79 Å². The summed E-state index contributed by atoms with van der Waals surface area (Å²) in [5.41, 5.74) is 2.81. The van der Waals surface area contributed by atoms with Crippen molar-refractivity contribution < 1.29 is 19.4 Å². The van der Waals surface area contributed by atoms with Crippen molar-refractivity contribution in [1.29, 1.82) is 0 Å². The number of fused-ring (bicyclic) bond motifs is 1. The predicted molar refractivity (Wildman–Crippen MR) is 115 cm³/mol. The predicted octanol–water partition coefficient (Wildman–Crippen LogP) is 4.05. The maximum atomic E-state index is 12.9. The number of nitrogens with zero attached hydrogens (tertiary/aromatic N) is 1. The number of carbonyl (C=O) groups is 2. The first-order chi connectivity index (χ1) is 13.8. The molecule has 4 rings (SSSR count). The Morgan fingerprint density at radius 3 is 2.72 bits per heavy atom. The van der Waals surface area contributed by atoms with Crippen LogP contribution in [0.2, 0.25) is 0 Å². The van der Waals surface area contributed by atoms with Crippen LogP contribution in [-0.4, -0.2) is 43.3 Å². The van der Waals surface area contributed by atoms with Crippen molar-refractivity contribution in [1.82, 2.24) is 0 Å². The van der Waals surface area contributed by atoms with E-state index < -0.39 is 5.97 Å². The van der Waals surface area contributed by atoms with Crippen LogP contribution in [0.25, 0.3) is 0 Å². The number of thiophene rings is 1. The number of carboxylic acids is 1. The Bertz CT molecular complexity index is 944. The quantitative estimate of drug-likeness (QED) is 0.789. The van der Waals surface area contributed by atoms with Crippen LogP contribution in [0.15, 0.2) is 24.3 Å². The highest BCUT2D eigenvalue weighted by Crippen LogP contribution is 2.43. The minimum Gasteiger partial charge on any atom is -0.478 e. The summed E-state index contributed by atoms with van der Waals surface area (Å²) in [4.78, 5) is 28.1. The van der Waals surface area contributed by atoms with Gasteiger partial charge in [0.05, 0.1) is 18.8 Å². The van der Waals surface area contributed by atoms with E-state index in [1.165, 1.54) is 11.3 Å². The zero-order valence-corrected chi connectivity index (χ0v) is 17.6. The van der Waals surface area contributed by atoms with Gasteiger partial charge in [0.25, 0.3) is 5.91 Å². The van der Waals surface area contributed by atoms with Gasteiger partial charge in [-0.1, -0.05) is 19.9 Å². The molecule has 1 aliphatic heterocycles. The first-order valence-corrected chi connectivity index (χ1v) is 10.8. The average molecular weight is 415 g/mol. The van der Waals surface area contributed by atoms with Crippen molar-refractivity contribution in [2.75, 3.05) is 36.5 Å². The van der Waals surface area contributed by atoms with E-state index in [4.69, 9.17) is 4.74 Å². The number of rotatable bonds is 4. The normalized spacial score (nSPS) is 18.2. The van der Waals surface area contributed by atoms with Gasteiger partial charge in [0.15, 0.2) is 0 Å². The summed E-state index contributed by atoms with van der Waals surface area (Å²) in [5, 5.41) is 13.1. The van der Waals surface area contributed by atoms with Crippen molar-refractivity contribution in [3.8, 4) is 0 Å². The van der Waals surface area contributed by atoms with E-state index in [1.807, 2.05) is 18.2 Å². The molecule has 2 aromatic rings. The molecule has 7 heteroatoms. The molecular weight excluding hydrogens is 388 g/mol. The van der Waals surface area contributed by atoms with Crippen LogP contribution in [0.4, 0.5) is 10.7 Å². The van der Waals surface area contributed by atoms with Gasteiger partial charge in [0.1, 0.15) is 5.00 Å². The lowest BCUT2D eigenvalue weighted by molar-refractivity contribution is 0.0696. The molecule has 2 heterocycles. The van der Waals surface area contributed by atoms with Gasteiger partial charge in [-0.05, 0) is 48.4 Å². The number of amides is 1. The monoisotopic (exact) mass is 414 g/mol. The Labute approximate surface area is 174 Å². The molecular formula is C22H26N2O4S. The lowest BCUT2D eigenvalue weighted by atomic mass is 9.77. The van der Waals surface area contributed by atoms with Gasteiger partial charge in [-0.3, -0.25) is 4.79 Å². The number of benzene rings is 1. The average Bonchev–Trinajstić information content (AvgIpc) is 3.04. The van der Waals surface area contributed by atoms with Gasteiger partial charge in [0.2, 0.25) is 0 Å². The third-order valence-corrected chi connectivity index (χ3v) is 6.85. The maximum Gasteiger partial charge on any atom is 0.339 e. The highest BCUT2D eigenvalue weighted by Gasteiger charge is 2.32. The zero-order valence-electron chi connectivity index (χ0n) is 16.8. The second-order valence-corrected chi connectivity index (χ2v) is 9.56. The van der Waals surface area contributed by atoms with Gasteiger partial charge in [-0.2, -0.15) is 0 Å². The van der Waals surface area contributed by atoms with E-state index >= 15 is 0 Å². The number of carboxylic acid groups (broad SMARTS) is 1. The number of morpholine rings is 1. The molecule has 6 nitrogen and oxygen atoms in total. The van der Waals surface area contributed by atoms with Crippen LogP contribution in [0.1, 0.15) is 51.4 Å². The van der Waals surface area contributed by atoms with Crippen molar-refractivity contribution in [2.24, 2.45) is 5.41 Å². The Kier molecular flexibility index (Phi) is 5.36.